The zero-order valence-electron chi connectivity index (χ0n) is 21.3. The molecule has 3 heterocycles. The smallest absolute Gasteiger partial charge is 0.335 e. The maximum absolute atomic E-state index is 15.3. The van der Waals surface area contributed by atoms with E-state index in [9.17, 15) is 9.90 Å². The van der Waals surface area contributed by atoms with Gasteiger partial charge in [-0.25, -0.2) is 23.5 Å². The topological polar surface area (TPSA) is 86.5 Å². The predicted molar refractivity (Wildman–Crippen MR) is 144 cm³/mol. The number of pyridine rings is 1. The van der Waals surface area contributed by atoms with E-state index in [1.807, 2.05) is 18.4 Å². The van der Waals surface area contributed by atoms with Gasteiger partial charge >= 0.3 is 5.97 Å². The Bertz CT molecular complexity index is 1660. The largest absolute Gasteiger partial charge is 0.478 e. The molecule has 0 atom stereocenters. The number of carbonyl (C=O) groups is 1. The maximum atomic E-state index is 15.3. The van der Waals surface area contributed by atoms with Crippen LogP contribution >= 0.6 is 11.3 Å². The minimum atomic E-state index is -1.06. The molecular weight excluding hydrogens is 524 g/mol. The number of ether oxygens (including phenoxy) is 2. The Morgan fingerprint density at radius 3 is 2.67 bits per heavy atom. The molecule has 39 heavy (non-hydrogen) atoms. The molecule has 0 bridgehead atoms. The third kappa shape index (κ3) is 5.81. The van der Waals surface area contributed by atoms with Crippen molar-refractivity contribution in [2.75, 3.05) is 13.7 Å². The van der Waals surface area contributed by atoms with Crippen LogP contribution in [-0.4, -0.2) is 39.3 Å². The number of rotatable bonds is 10. The van der Waals surface area contributed by atoms with Gasteiger partial charge in [0, 0.05) is 36.6 Å². The van der Waals surface area contributed by atoms with E-state index >= 15 is 8.78 Å². The summed E-state index contributed by atoms with van der Waals surface area (Å²) in [4.78, 5) is 21.4. The number of methoxy groups -OCH3 is 1. The number of benzene rings is 2. The predicted octanol–water partition coefficient (Wildman–Crippen LogP) is 6.26. The minimum Gasteiger partial charge on any atom is -0.478 e. The fourth-order valence-corrected chi connectivity index (χ4v) is 5.11. The number of aryl methyl sites for hydroxylation is 1. The van der Waals surface area contributed by atoms with E-state index in [-0.39, 0.29) is 28.8 Å². The number of hydrogen-bond donors (Lipinski definition) is 1. The number of thiophene rings is 1. The fourth-order valence-electron chi connectivity index (χ4n) is 4.32. The molecule has 0 saturated heterocycles. The van der Waals surface area contributed by atoms with Crippen LogP contribution in [-0.2, 0) is 24.3 Å². The molecule has 1 N–H and O–H groups in total. The molecule has 0 unspecified atom stereocenters. The van der Waals surface area contributed by atoms with Crippen LogP contribution in [0.5, 0.6) is 5.88 Å². The monoisotopic (exact) mass is 549 g/mol. The summed E-state index contributed by atoms with van der Waals surface area (Å²) in [6.07, 6.45) is 0.000637. The summed E-state index contributed by atoms with van der Waals surface area (Å²) >= 11 is 1.58. The van der Waals surface area contributed by atoms with Gasteiger partial charge in [0.2, 0.25) is 5.88 Å². The van der Waals surface area contributed by atoms with Gasteiger partial charge in [0.1, 0.15) is 24.1 Å². The number of carboxylic acid groups (broad SMARTS) is 1. The molecule has 0 fully saturated rings. The third-order valence-electron chi connectivity index (χ3n) is 6.22. The van der Waals surface area contributed by atoms with E-state index in [4.69, 9.17) is 9.47 Å². The van der Waals surface area contributed by atoms with Gasteiger partial charge < -0.3 is 19.1 Å². The average Bonchev–Trinajstić information content (AvgIpc) is 3.50. The van der Waals surface area contributed by atoms with Crippen molar-refractivity contribution < 1.29 is 28.2 Å². The molecule has 0 aliphatic rings. The van der Waals surface area contributed by atoms with Gasteiger partial charge in [-0.3, -0.25) is 0 Å². The van der Waals surface area contributed by atoms with Crippen LogP contribution in [0.3, 0.4) is 0 Å². The van der Waals surface area contributed by atoms with Gasteiger partial charge in [0.05, 0.1) is 28.9 Å². The first-order chi connectivity index (χ1) is 18.8. The molecule has 0 aliphatic heterocycles. The molecule has 200 valence electrons. The highest BCUT2D eigenvalue weighted by atomic mass is 32.1. The first kappa shape index (κ1) is 26.5. The van der Waals surface area contributed by atoms with Crippen molar-refractivity contribution in [3.63, 3.8) is 0 Å². The summed E-state index contributed by atoms with van der Waals surface area (Å²) in [6.45, 7) is 3.05. The Labute approximate surface area is 227 Å². The molecule has 0 saturated carbocycles. The second-order valence-corrected chi connectivity index (χ2v) is 10.0. The van der Waals surface area contributed by atoms with Crippen LogP contribution < -0.4 is 4.74 Å². The standard InChI is InChI=1S/C29H25F2N3O4S/c1-17-10-20(39-16-17)15-38-28-5-3-4-24(33-28)21-14-22(30)19(11-23(21)31)13-27-32-25-7-6-18(29(35)36)12-26(25)34(27)8-9-37-2/h3-7,10-12,14,16H,8-9,13,15H2,1-2H3,(H,35,36). The molecule has 0 aliphatic carbocycles. The van der Waals surface area contributed by atoms with Crippen LogP contribution in [0.15, 0.2) is 60.0 Å². The first-order valence-electron chi connectivity index (χ1n) is 12.2. The van der Waals surface area contributed by atoms with Crippen LogP contribution in [0.25, 0.3) is 22.3 Å². The molecular formula is C29H25F2N3O4S. The summed E-state index contributed by atoms with van der Waals surface area (Å²) in [6, 6.07) is 13.8. The number of carboxylic acids is 1. The molecule has 10 heteroatoms. The minimum absolute atomic E-state index is 0.000637. The molecule has 3 aromatic heterocycles. The zero-order chi connectivity index (χ0) is 27.5. The van der Waals surface area contributed by atoms with Gasteiger partial charge in [0.15, 0.2) is 0 Å². The Hall–Kier alpha value is -4.15. The Morgan fingerprint density at radius 2 is 1.92 bits per heavy atom. The zero-order valence-corrected chi connectivity index (χ0v) is 22.1. The molecule has 0 spiro atoms. The first-order valence-corrected chi connectivity index (χ1v) is 13.0. The Kier molecular flexibility index (Phi) is 7.67. The second kappa shape index (κ2) is 11.3. The lowest BCUT2D eigenvalue weighted by atomic mass is 10.0. The van der Waals surface area contributed by atoms with E-state index in [1.165, 1.54) is 12.1 Å². The van der Waals surface area contributed by atoms with Crippen LogP contribution in [0.1, 0.15) is 32.2 Å². The normalized spacial score (nSPS) is 11.3. The molecule has 0 amide bonds. The quantitative estimate of drug-likeness (QED) is 0.221. The highest BCUT2D eigenvalue weighted by molar-refractivity contribution is 7.10. The van der Waals surface area contributed by atoms with Crippen molar-refractivity contribution in [1.29, 1.82) is 0 Å². The number of fused-ring (bicyclic) bond motifs is 1. The van der Waals surface area contributed by atoms with Crippen molar-refractivity contribution in [1.82, 2.24) is 14.5 Å². The van der Waals surface area contributed by atoms with E-state index in [1.54, 1.807) is 47.3 Å². The molecule has 0 radical (unpaired) electrons. The van der Waals surface area contributed by atoms with Crippen molar-refractivity contribution >= 4 is 28.3 Å². The summed E-state index contributed by atoms with van der Waals surface area (Å²) < 4.78 is 43.3. The lowest BCUT2D eigenvalue weighted by Crippen LogP contribution is -2.10. The number of aromatic nitrogens is 3. The summed E-state index contributed by atoms with van der Waals surface area (Å²) in [7, 11) is 1.55. The highest BCUT2D eigenvalue weighted by Crippen LogP contribution is 2.28. The van der Waals surface area contributed by atoms with E-state index in [0.29, 0.717) is 42.5 Å². The summed E-state index contributed by atoms with van der Waals surface area (Å²) in [5, 5.41) is 11.4. The van der Waals surface area contributed by atoms with Crippen molar-refractivity contribution in [3.8, 4) is 17.1 Å². The molecule has 5 aromatic rings. The fraction of sp³-hybridized carbons (Fsp3) is 0.207. The Morgan fingerprint density at radius 1 is 1.08 bits per heavy atom. The lowest BCUT2D eigenvalue weighted by molar-refractivity contribution is 0.0697. The van der Waals surface area contributed by atoms with E-state index < -0.39 is 17.6 Å². The van der Waals surface area contributed by atoms with Crippen LogP contribution in [0.2, 0.25) is 0 Å². The SMILES string of the molecule is COCCn1c(Cc2cc(F)c(-c3cccc(OCc4cc(C)cs4)n3)cc2F)nc2ccc(C(=O)O)cc21. The highest BCUT2D eigenvalue weighted by Gasteiger charge is 2.18. The van der Waals surface area contributed by atoms with Crippen molar-refractivity contribution in [2.45, 2.75) is 26.5 Å². The third-order valence-corrected chi connectivity index (χ3v) is 7.25. The van der Waals surface area contributed by atoms with Gasteiger partial charge in [0.25, 0.3) is 0 Å². The number of hydrogen-bond acceptors (Lipinski definition) is 6. The average molecular weight is 550 g/mol. The van der Waals surface area contributed by atoms with Gasteiger partial charge in [-0.05, 0) is 65.9 Å². The number of halogens is 2. The van der Waals surface area contributed by atoms with Crippen LogP contribution in [0, 0.1) is 18.6 Å². The number of aromatic carboxylic acids is 1. The van der Waals surface area contributed by atoms with Crippen molar-refractivity contribution in [3.05, 3.63) is 99.0 Å². The van der Waals surface area contributed by atoms with E-state index in [2.05, 4.69) is 9.97 Å². The summed E-state index contributed by atoms with van der Waals surface area (Å²) in [5.74, 6) is -1.52. The second-order valence-electron chi connectivity index (χ2n) is 9.02. The Balaban J connectivity index is 1.42. The summed E-state index contributed by atoms with van der Waals surface area (Å²) in [5.41, 5.74) is 2.79. The van der Waals surface area contributed by atoms with Gasteiger partial charge in [-0.1, -0.05) is 6.07 Å². The lowest BCUT2D eigenvalue weighted by Gasteiger charge is -2.12. The molecule has 7 nitrogen and oxygen atoms in total. The molecule has 5 rings (SSSR count). The molecule has 2 aromatic carbocycles. The number of imidazole rings is 1. The maximum Gasteiger partial charge on any atom is 0.335 e. The van der Waals surface area contributed by atoms with Gasteiger partial charge in [-0.15, -0.1) is 11.3 Å². The van der Waals surface area contributed by atoms with Gasteiger partial charge in [-0.2, -0.15) is 0 Å². The van der Waals surface area contributed by atoms with E-state index in [0.717, 1.165) is 22.6 Å². The number of nitrogens with zero attached hydrogens (tertiary/aromatic N) is 3. The van der Waals surface area contributed by atoms with Crippen molar-refractivity contribution in [2.24, 2.45) is 0 Å². The van der Waals surface area contributed by atoms with Crippen LogP contribution in [0.4, 0.5) is 8.78 Å².